The van der Waals surface area contributed by atoms with Crippen molar-refractivity contribution in [3.8, 4) is 0 Å². The van der Waals surface area contributed by atoms with Crippen molar-refractivity contribution in [3.05, 3.63) is 41.9 Å². The number of carbonyl (C=O) groups excluding carboxylic acids is 1. The molecular weight excluding hydrogens is 330 g/mol. The molecule has 0 saturated heterocycles. The Kier molecular flexibility index (Phi) is 4.63. The van der Waals surface area contributed by atoms with E-state index in [-0.39, 0.29) is 11.9 Å². The van der Waals surface area contributed by atoms with E-state index in [9.17, 15) is 9.90 Å². The van der Waals surface area contributed by atoms with E-state index in [0.29, 0.717) is 23.9 Å². The van der Waals surface area contributed by atoms with Gasteiger partial charge < -0.3 is 15.7 Å². The van der Waals surface area contributed by atoms with Gasteiger partial charge in [-0.3, -0.25) is 9.48 Å². The fourth-order valence-electron chi connectivity index (χ4n) is 3.66. The van der Waals surface area contributed by atoms with Crippen molar-refractivity contribution in [3.63, 3.8) is 0 Å². The fourth-order valence-corrected chi connectivity index (χ4v) is 3.66. The van der Waals surface area contributed by atoms with Gasteiger partial charge in [0.05, 0.1) is 12.1 Å². The average Bonchev–Trinajstić information content (AvgIpc) is 3.12. The van der Waals surface area contributed by atoms with Crippen LogP contribution in [0.4, 0.5) is 5.82 Å². The Hall–Kier alpha value is -2.41. The summed E-state index contributed by atoms with van der Waals surface area (Å²) in [6.45, 7) is 2.65. The molecule has 2 fully saturated rings. The van der Waals surface area contributed by atoms with Crippen molar-refractivity contribution in [1.82, 2.24) is 20.1 Å². The van der Waals surface area contributed by atoms with E-state index < -0.39 is 6.10 Å². The summed E-state index contributed by atoms with van der Waals surface area (Å²) in [5.41, 5.74) is 1.40. The normalized spacial score (nSPS) is 25.2. The SMILES string of the molecule is Cc1cc(C(=O)N[C@@H]2CC(Cn3cccn3)C[C@H]2O)cc(NC2CC2)n1. The number of aliphatic hydroxyl groups excluding tert-OH is 1. The number of rotatable bonds is 6. The number of pyridine rings is 1. The zero-order valence-corrected chi connectivity index (χ0v) is 14.9. The number of nitrogens with one attached hydrogen (secondary N) is 2. The third kappa shape index (κ3) is 4.04. The van der Waals surface area contributed by atoms with Crippen molar-refractivity contribution in [1.29, 1.82) is 0 Å². The Balaban J connectivity index is 1.38. The fraction of sp³-hybridized carbons (Fsp3) is 0.526. The van der Waals surface area contributed by atoms with Gasteiger partial charge >= 0.3 is 0 Å². The first-order chi connectivity index (χ1) is 12.6. The minimum atomic E-state index is -0.522. The molecule has 0 aromatic carbocycles. The lowest BCUT2D eigenvalue weighted by Crippen LogP contribution is -2.40. The lowest BCUT2D eigenvalue weighted by molar-refractivity contribution is 0.0872. The van der Waals surface area contributed by atoms with Crippen LogP contribution in [-0.2, 0) is 6.54 Å². The molecule has 26 heavy (non-hydrogen) atoms. The van der Waals surface area contributed by atoms with Crippen molar-refractivity contribution in [2.75, 3.05) is 5.32 Å². The van der Waals surface area contributed by atoms with Crippen LogP contribution in [0.15, 0.2) is 30.6 Å². The molecule has 1 amide bonds. The Morgan fingerprint density at radius 1 is 1.35 bits per heavy atom. The third-order valence-electron chi connectivity index (χ3n) is 5.09. The average molecular weight is 355 g/mol. The first-order valence-corrected chi connectivity index (χ1v) is 9.28. The van der Waals surface area contributed by atoms with E-state index in [1.54, 1.807) is 18.3 Å². The Bertz CT molecular complexity index is 772. The maximum absolute atomic E-state index is 12.7. The molecule has 2 saturated carbocycles. The second-order valence-corrected chi connectivity index (χ2v) is 7.51. The molecule has 1 unspecified atom stereocenters. The molecule has 2 aromatic heterocycles. The lowest BCUT2D eigenvalue weighted by atomic mass is 10.1. The van der Waals surface area contributed by atoms with Crippen LogP contribution in [0.1, 0.15) is 41.7 Å². The van der Waals surface area contributed by atoms with Crippen LogP contribution in [0.5, 0.6) is 0 Å². The van der Waals surface area contributed by atoms with E-state index in [1.807, 2.05) is 23.9 Å². The van der Waals surface area contributed by atoms with Crippen LogP contribution >= 0.6 is 0 Å². The van der Waals surface area contributed by atoms with Gasteiger partial charge in [-0.05, 0) is 56.7 Å². The molecule has 0 bridgehead atoms. The summed E-state index contributed by atoms with van der Waals surface area (Å²) >= 11 is 0. The van der Waals surface area contributed by atoms with Gasteiger partial charge in [-0.1, -0.05) is 0 Å². The highest BCUT2D eigenvalue weighted by Gasteiger charge is 2.34. The second-order valence-electron chi connectivity index (χ2n) is 7.51. The number of aliphatic hydroxyl groups is 1. The maximum Gasteiger partial charge on any atom is 0.251 e. The van der Waals surface area contributed by atoms with Gasteiger partial charge in [-0.15, -0.1) is 0 Å². The molecule has 2 aromatic rings. The van der Waals surface area contributed by atoms with Crippen molar-refractivity contribution in [2.45, 2.75) is 57.3 Å². The molecular formula is C19H25N5O2. The number of carbonyl (C=O) groups is 1. The van der Waals surface area contributed by atoms with Crippen LogP contribution in [0.2, 0.25) is 0 Å². The molecule has 3 N–H and O–H groups in total. The van der Waals surface area contributed by atoms with Crippen LogP contribution in [0.3, 0.4) is 0 Å². The van der Waals surface area contributed by atoms with Gasteiger partial charge in [0, 0.05) is 36.2 Å². The number of aromatic nitrogens is 3. The number of aryl methyl sites for hydroxylation is 1. The standard InChI is InChI=1S/C19H25N5O2/c1-12-7-14(10-18(21-12)22-15-3-4-15)19(26)23-16-8-13(9-17(16)25)11-24-6-2-5-20-24/h2,5-7,10,13,15-17,25H,3-4,8-9,11H2,1H3,(H,21,22)(H,23,26)/t13?,16-,17-/m1/s1. The molecule has 2 aliphatic carbocycles. The van der Waals surface area contributed by atoms with Crippen molar-refractivity contribution < 1.29 is 9.90 Å². The Morgan fingerprint density at radius 3 is 2.92 bits per heavy atom. The summed E-state index contributed by atoms with van der Waals surface area (Å²) in [5, 5.41) is 20.9. The molecule has 7 nitrogen and oxygen atoms in total. The van der Waals surface area contributed by atoms with Crippen LogP contribution in [0, 0.1) is 12.8 Å². The zero-order chi connectivity index (χ0) is 18.1. The van der Waals surface area contributed by atoms with Gasteiger partial charge in [0.1, 0.15) is 5.82 Å². The monoisotopic (exact) mass is 355 g/mol. The minimum absolute atomic E-state index is 0.155. The third-order valence-corrected chi connectivity index (χ3v) is 5.09. The second kappa shape index (κ2) is 7.07. The van der Waals surface area contributed by atoms with Crippen LogP contribution in [-0.4, -0.2) is 44.0 Å². The minimum Gasteiger partial charge on any atom is -0.391 e. The number of amides is 1. The molecule has 2 aliphatic rings. The highest BCUT2D eigenvalue weighted by atomic mass is 16.3. The first-order valence-electron chi connectivity index (χ1n) is 9.28. The van der Waals surface area contributed by atoms with Crippen LogP contribution < -0.4 is 10.6 Å². The molecule has 4 rings (SSSR count). The van der Waals surface area contributed by atoms with E-state index in [4.69, 9.17) is 0 Å². The summed E-state index contributed by atoms with van der Waals surface area (Å²) in [4.78, 5) is 17.1. The molecule has 0 spiro atoms. The Morgan fingerprint density at radius 2 is 2.19 bits per heavy atom. The van der Waals surface area contributed by atoms with Gasteiger partial charge in [-0.25, -0.2) is 4.98 Å². The number of anilines is 1. The smallest absolute Gasteiger partial charge is 0.251 e. The van der Waals surface area contributed by atoms with Gasteiger partial charge in [0.25, 0.3) is 5.91 Å². The Labute approximate surface area is 152 Å². The number of nitrogens with zero attached hydrogens (tertiary/aromatic N) is 3. The number of hydrogen-bond donors (Lipinski definition) is 3. The topological polar surface area (TPSA) is 92.1 Å². The van der Waals surface area contributed by atoms with E-state index >= 15 is 0 Å². The number of hydrogen-bond acceptors (Lipinski definition) is 5. The maximum atomic E-state index is 12.7. The van der Waals surface area contributed by atoms with Crippen molar-refractivity contribution in [2.24, 2.45) is 5.92 Å². The van der Waals surface area contributed by atoms with Crippen LogP contribution in [0.25, 0.3) is 0 Å². The van der Waals surface area contributed by atoms with E-state index in [1.165, 1.54) is 0 Å². The molecule has 0 radical (unpaired) electrons. The molecule has 2 heterocycles. The van der Waals surface area contributed by atoms with Gasteiger partial charge in [-0.2, -0.15) is 5.10 Å². The molecule has 7 heteroatoms. The predicted molar refractivity (Wildman–Crippen MR) is 97.8 cm³/mol. The van der Waals surface area contributed by atoms with E-state index in [2.05, 4.69) is 20.7 Å². The summed E-state index contributed by atoms with van der Waals surface area (Å²) in [6.07, 6.45) is 6.90. The van der Waals surface area contributed by atoms with Crippen molar-refractivity contribution >= 4 is 11.7 Å². The highest BCUT2D eigenvalue weighted by molar-refractivity contribution is 5.95. The first kappa shape index (κ1) is 17.0. The summed E-state index contributed by atoms with van der Waals surface area (Å²) in [6, 6.07) is 5.74. The highest BCUT2D eigenvalue weighted by Crippen LogP contribution is 2.28. The summed E-state index contributed by atoms with van der Waals surface area (Å²) in [5.74, 6) is 0.904. The van der Waals surface area contributed by atoms with E-state index in [0.717, 1.165) is 37.3 Å². The quantitative estimate of drug-likeness (QED) is 0.734. The lowest BCUT2D eigenvalue weighted by Gasteiger charge is -2.17. The largest absolute Gasteiger partial charge is 0.391 e. The van der Waals surface area contributed by atoms with Gasteiger partial charge in [0.15, 0.2) is 0 Å². The van der Waals surface area contributed by atoms with Gasteiger partial charge in [0.2, 0.25) is 0 Å². The predicted octanol–water partition coefficient (Wildman–Crippen LogP) is 1.73. The zero-order valence-electron chi connectivity index (χ0n) is 14.9. The molecule has 3 atom stereocenters. The molecule has 138 valence electrons. The molecule has 0 aliphatic heterocycles. The summed E-state index contributed by atoms with van der Waals surface area (Å²) in [7, 11) is 0. The summed E-state index contributed by atoms with van der Waals surface area (Å²) < 4.78 is 1.88.